The van der Waals surface area contributed by atoms with Crippen molar-refractivity contribution in [3.63, 3.8) is 0 Å². The minimum absolute atomic E-state index is 0. The van der Waals surface area contributed by atoms with E-state index < -0.39 is 14.9 Å². The molecular formula is C15H24ClN3O4S. The van der Waals surface area contributed by atoms with Crippen LogP contribution >= 0.6 is 12.4 Å². The van der Waals surface area contributed by atoms with E-state index in [1.807, 2.05) is 13.8 Å². The van der Waals surface area contributed by atoms with Crippen molar-refractivity contribution in [2.45, 2.75) is 45.1 Å². The highest BCUT2D eigenvalue weighted by atomic mass is 35.5. The summed E-state index contributed by atoms with van der Waals surface area (Å²) in [7, 11) is -3.95. The van der Waals surface area contributed by atoms with Crippen LogP contribution in [0.4, 0.5) is 5.69 Å². The molecule has 1 aliphatic heterocycles. The van der Waals surface area contributed by atoms with E-state index >= 15 is 0 Å². The number of piperidine rings is 1. The Morgan fingerprint density at radius 1 is 1.29 bits per heavy atom. The van der Waals surface area contributed by atoms with E-state index in [1.165, 1.54) is 4.31 Å². The van der Waals surface area contributed by atoms with Crippen molar-refractivity contribution in [3.8, 4) is 0 Å². The van der Waals surface area contributed by atoms with Gasteiger partial charge in [-0.05, 0) is 31.2 Å². The first-order valence-electron chi connectivity index (χ1n) is 7.49. The van der Waals surface area contributed by atoms with Gasteiger partial charge in [0, 0.05) is 24.7 Å². The second kappa shape index (κ2) is 6.95. The number of aryl methyl sites for hydroxylation is 2. The SMILES string of the molecule is Cc1ccc(C)c(S(=O)(=O)N2CCC(N)C(C)(C)C2)c1[N+](=O)[O-].Cl. The van der Waals surface area contributed by atoms with Gasteiger partial charge in [-0.15, -0.1) is 12.4 Å². The molecule has 1 aliphatic rings. The highest BCUT2D eigenvalue weighted by Crippen LogP contribution is 2.36. The summed E-state index contributed by atoms with van der Waals surface area (Å²) in [6.45, 7) is 7.49. The standard InChI is InChI=1S/C15H23N3O4S.ClH/c1-10-5-6-11(2)14(13(10)18(19)20)23(21,22)17-8-7-12(16)15(3,4)9-17;/h5-6,12H,7-9,16H2,1-4H3;1H. The Morgan fingerprint density at radius 3 is 2.33 bits per heavy atom. The van der Waals surface area contributed by atoms with Gasteiger partial charge in [0.2, 0.25) is 10.0 Å². The molecule has 0 spiro atoms. The van der Waals surface area contributed by atoms with Crippen LogP contribution < -0.4 is 5.73 Å². The lowest BCUT2D eigenvalue weighted by Crippen LogP contribution is -2.54. The van der Waals surface area contributed by atoms with Gasteiger partial charge in [-0.3, -0.25) is 10.1 Å². The molecule has 0 amide bonds. The molecule has 24 heavy (non-hydrogen) atoms. The Bertz CT molecular complexity index is 749. The fourth-order valence-electron chi connectivity index (χ4n) is 2.98. The molecule has 0 radical (unpaired) electrons. The predicted octanol–water partition coefficient (Wildman–Crippen LogP) is 2.38. The molecule has 0 aromatic heterocycles. The summed E-state index contributed by atoms with van der Waals surface area (Å²) < 4.78 is 27.4. The van der Waals surface area contributed by atoms with Crippen molar-refractivity contribution in [1.82, 2.24) is 4.31 Å². The quantitative estimate of drug-likeness (QED) is 0.642. The topological polar surface area (TPSA) is 107 Å². The first-order chi connectivity index (χ1) is 10.5. The van der Waals surface area contributed by atoms with Crippen LogP contribution in [0.2, 0.25) is 0 Å². The number of nitro groups is 1. The van der Waals surface area contributed by atoms with Crippen LogP contribution in [0.15, 0.2) is 17.0 Å². The Morgan fingerprint density at radius 2 is 1.83 bits per heavy atom. The average molecular weight is 378 g/mol. The summed E-state index contributed by atoms with van der Waals surface area (Å²) in [5.74, 6) is 0. The molecule has 9 heteroatoms. The third kappa shape index (κ3) is 3.56. The lowest BCUT2D eigenvalue weighted by Gasteiger charge is -2.41. The maximum absolute atomic E-state index is 13.1. The van der Waals surface area contributed by atoms with Gasteiger partial charge in [-0.25, -0.2) is 8.42 Å². The fourth-order valence-corrected chi connectivity index (χ4v) is 5.04. The van der Waals surface area contributed by atoms with Crippen LogP contribution in [0.3, 0.4) is 0 Å². The Balaban J connectivity index is 0.00000288. The van der Waals surface area contributed by atoms with E-state index in [4.69, 9.17) is 5.73 Å². The number of hydrogen-bond donors (Lipinski definition) is 1. The molecule has 1 unspecified atom stereocenters. The molecule has 1 aromatic carbocycles. The van der Waals surface area contributed by atoms with Crippen LogP contribution in [0, 0.1) is 29.4 Å². The van der Waals surface area contributed by atoms with Gasteiger partial charge in [0.05, 0.1) is 4.92 Å². The van der Waals surface area contributed by atoms with Crippen molar-refractivity contribution >= 4 is 28.1 Å². The molecule has 0 saturated carbocycles. The molecule has 1 aromatic rings. The normalized spacial score (nSPS) is 21.1. The smallest absolute Gasteiger partial charge is 0.292 e. The highest BCUT2D eigenvalue weighted by molar-refractivity contribution is 7.89. The average Bonchev–Trinajstić information content (AvgIpc) is 2.43. The van der Waals surface area contributed by atoms with Crippen LogP contribution in [0.1, 0.15) is 31.4 Å². The van der Waals surface area contributed by atoms with Crippen molar-refractivity contribution in [2.24, 2.45) is 11.1 Å². The first kappa shape index (κ1) is 20.8. The first-order valence-corrected chi connectivity index (χ1v) is 8.93. The second-order valence-corrected chi connectivity index (χ2v) is 8.73. The molecule has 136 valence electrons. The lowest BCUT2D eigenvalue weighted by atomic mass is 9.81. The van der Waals surface area contributed by atoms with E-state index in [-0.39, 0.29) is 47.5 Å². The summed E-state index contributed by atoms with van der Waals surface area (Å²) in [5, 5.41) is 11.4. The zero-order valence-corrected chi connectivity index (χ0v) is 15.9. The minimum atomic E-state index is -3.95. The largest absolute Gasteiger partial charge is 0.327 e. The molecule has 1 fully saturated rings. The monoisotopic (exact) mass is 377 g/mol. The van der Waals surface area contributed by atoms with Crippen LogP contribution in [-0.2, 0) is 10.0 Å². The summed E-state index contributed by atoms with van der Waals surface area (Å²) >= 11 is 0. The lowest BCUT2D eigenvalue weighted by molar-refractivity contribution is -0.388. The van der Waals surface area contributed by atoms with Gasteiger partial charge in [0.1, 0.15) is 0 Å². The molecule has 7 nitrogen and oxygen atoms in total. The van der Waals surface area contributed by atoms with Gasteiger partial charge in [-0.2, -0.15) is 4.31 Å². The minimum Gasteiger partial charge on any atom is -0.327 e. The van der Waals surface area contributed by atoms with E-state index in [2.05, 4.69) is 0 Å². The van der Waals surface area contributed by atoms with Crippen molar-refractivity contribution < 1.29 is 13.3 Å². The van der Waals surface area contributed by atoms with E-state index in [1.54, 1.807) is 26.0 Å². The molecule has 1 heterocycles. The maximum atomic E-state index is 13.1. The molecule has 1 saturated heterocycles. The number of rotatable bonds is 3. The molecular weight excluding hydrogens is 354 g/mol. The van der Waals surface area contributed by atoms with Crippen LogP contribution in [0.5, 0.6) is 0 Å². The number of halogens is 1. The van der Waals surface area contributed by atoms with Crippen molar-refractivity contribution in [1.29, 1.82) is 0 Å². The number of nitrogens with zero attached hydrogens (tertiary/aromatic N) is 2. The Labute approximate surface area is 148 Å². The zero-order chi connectivity index (χ0) is 17.6. The summed E-state index contributed by atoms with van der Waals surface area (Å²) in [4.78, 5) is 10.6. The number of hydrogen-bond acceptors (Lipinski definition) is 5. The molecule has 1 atom stereocenters. The third-order valence-electron chi connectivity index (χ3n) is 4.59. The van der Waals surface area contributed by atoms with Gasteiger partial charge >= 0.3 is 0 Å². The number of benzene rings is 1. The second-order valence-electron chi connectivity index (χ2n) is 6.86. The molecule has 0 bridgehead atoms. The summed E-state index contributed by atoms with van der Waals surface area (Å²) in [6, 6.07) is 3.08. The highest BCUT2D eigenvalue weighted by Gasteiger charge is 2.41. The number of nitrogens with two attached hydrogens (primary N) is 1. The fraction of sp³-hybridized carbons (Fsp3) is 0.600. The Hall–Kier alpha value is -1.22. The molecule has 2 N–H and O–H groups in total. The predicted molar refractivity (Wildman–Crippen MR) is 95.0 cm³/mol. The van der Waals surface area contributed by atoms with Gasteiger partial charge in [-0.1, -0.05) is 26.0 Å². The van der Waals surface area contributed by atoms with Crippen molar-refractivity contribution in [3.05, 3.63) is 33.4 Å². The van der Waals surface area contributed by atoms with Gasteiger partial charge in [0.25, 0.3) is 5.69 Å². The van der Waals surface area contributed by atoms with Gasteiger partial charge < -0.3 is 5.73 Å². The zero-order valence-electron chi connectivity index (χ0n) is 14.3. The maximum Gasteiger partial charge on any atom is 0.292 e. The van der Waals surface area contributed by atoms with Gasteiger partial charge in [0.15, 0.2) is 4.90 Å². The summed E-state index contributed by atoms with van der Waals surface area (Å²) in [5.41, 5.74) is 6.07. The van der Waals surface area contributed by atoms with Crippen LogP contribution in [0.25, 0.3) is 0 Å². The van der Waals surface area contributed by atoms with Crippen molar-refractivity contribution in [2.75, 3.05) is 13.1 Å². The number of nitro benzene ring substituents is 1. The van der Waals surface area contributed by atoms with E-state index in [9.17, 15) is 18.5 Å². The molecule has 0 aliphatic carbocycles. The summed E-state index contributed by atoms with van der Waals surface area (Å²) in [6.07, 6.45) is 0.533. The molecule has 2 rings (SSSR count). The number of sulfonamides is 1. The van der Waals surface area contributed by atoms with E-state index in [0.29, 0.717) is 17.5 Å². The van der Waals surface area contributed by atoms with Crippen LogP contribution in [-0.4, -0.2) is 36.8 Å². The Kier molecular flexibility index (Phi) is 6.03. The third-order valence-corrected chi connectivity index (χ3v) is 6.61. The van der Waals surface area contributed by atoms with E-state index in [0.717, 1.165) is 0 Å².